The number of para-hydroxylation sites is 2. The largest absolute Gasteiger partial charge is 0.494 e. The zero-order chi connectivity index (χ0) is 27.7. The molecule has 0 aromatic heterocycles. The number of amides is 1. The lowest BCUT2D eigenvalue weighted by Gasteiger charge is -2.36. The predicted octanol–water partition coefficient (Wildman–Crippen LogP) is 4.36. The van der Waals surface area contributed by atoms with Gasteiger partial charge in [0.1, 0.15) is 17.2 Å². The minimum atomic E-state index is -0.575. The van der Waals surface area contributed by atoms with Gasteiger partial charge in [-0.15, -0.1) is 0 Å². The zero-order valence-corrected chi connectivity index (χ0v) is 23.4. The Bertz CT molecular complexity index is 1110. The average molecular weight is 540 g/mol. The maximum atomic E-state index is 12.2. The van der Waals surface area contributed by atoms with Crippen LogP contribution in [-0.4, -0.2) is 75.9 Å². The molecule has 0 spiro atoms. The van der Waals surface area contributed by atoms with Crippen LogP contribution in [0.2, 0.25) is 0 Å². The Labute approximate surface area is 231 Å². The fourth-order valence-electron chi connectivity index (χ4n) is 4.68. The summed E-state index contributed by atoms with van der Waals surface area (Å²) in [6, 6.07) is 13.7. The van der Waals surface area contributed by atoms with Gasteiger partial charge in [0.2, 0.25) is 0 Å². The summed E-state index contributed by atoms with van der Waals surface area (Å²) in [4.78, 5) is 28.6. The number of benzene rings is 2. The van der Waals surface area contributed by atoms with Crippen LogP contribution in [0.25, 0.3) is 0 Å². The number of anilines is 2. The fourth-order valence-corrected chi connectivity index (χ4v) is 4.68. The van der Waals surface area contributed by atoms with Crippen molar-refractivity contribution in [3.05, 3.63) is 42.5 Å². The third-order valence-electron chi connectivity index (χ3n) is 7.11. The summed E-state index contributed by atoms with van der Waals surface area (Å²) >= 11 is 0. The third kappa shape index (κ3) is 8.02. The number of nitrogens with zero attached hydrogens (tertiary/aromatic N) is 2. The summed E-state index contributed by atoms with van der Waals surface area (Å²) in [7, 11) is 0. The van der Waals surface area contributed by atoms with Crippen LogP contribution in [0.5, 0.6) is 17.2 Å². The van der Waals surface area contributed by atoms with Crippen molar-refractivity contribution >= 4 is 23.3 Å². The van der Waals surface area contributed by atoms with Gasteiger partial charge in [-0.1, -0.05) is 12.1 Å². The van der Waals surface area contributed by atoms with Crippen molar-refractivity contribution in [1.29, 1.82) is 0 Å². The van der Waals surface area contributed by atoms with Gasteiger partial charge < -0.3 is 29.2 Å². The van der Waals surface area contributed by atoms with Crippen LogP contribution in [-0.2, 0) is 14.3 Å². The minimum absolute atomic E-state index is 0.0544. The lowest BCUT2D eigenvalue weighted by molar-refractivity contribution is -0.154. The van der Waals surface area contributed by atoms with Crippen LogP contribution < -0.4 is 24.4 Å². The van der Waals surface area contributed by atoms with E-state index in [0.717, 1.165) is 62.8 Å². The van der Waals surface area contributed by atoms with Gasteiger partial charge in [0.15, 0.2) is 6.61 Å². The lowest BCUT2D eigenvalue weighted by Crippen LogP contribution is -2.46. The summed E-state index contributed by atoms with van der Waals surface area (Å²) in [5, 5.41) is 2.81. The van der Waals surface area contributed by atoms with Crippen molar-refractivity contribution in [1.82, 2.24) is 4.90 Å². The molecule has 212 valence electrons. The van der Waals surface area contributed by atoms with E-state index in [9.17, 15) is 9.59 Å². The van der Waals surface area contributed by atoms with Crippen LogP contribution >= 0.6 is 0 Å². The van der Waals surface area contributed by atoms with Gasteiger partial charge in [0, 0.05) is 32.2 Å². The molecule has 1 N–H and O–H groups in total. The Balaban J connectivity index is 1.16. The van der Waals surface area contributed by atoms with E-state index in [2.05, 4.69) is 21.2 Å². The smallest absolute Gasteiger partial charge is 0.311 e. The number of hydrogen-bond donors (Lipinski definition) is 1. The minimum Gasteiger partial charge on any atom is -0.494 e. The molecule has 2 aromatic rings. The summed E-state index contributed by atoms with van der Waals surface area (Å²) < 4.78 is 22.6. The Morgan fingerprint density at radius 3 is 2.62 bits per heavy atom. The van der Waals surface area contributed by atoms with E-state index < -0.39 is 5.41 Å². The van der Waals surface area contributed by atoms with Gasteiger partial charge in [-0.05, 0) is 70.8 Å². The molecule has 2 aliphatic rings. The maximum absolute atomic E-state index is 12.2. The molecule has 4 rings (SSSR count). The molecule has 2 aliphatic heterocycles. The highest BCUT2D eigenvalue weighted by Gasteiger charge is 2.29. The van der Waals surface area contributed by atoms with Gasteiger partial charge >= 0.3 is 5.97 Å². The van der Waals surface area contributed by atoms with Crippen LogP contribution in [0.15, 0.2) is 42.5 Å². The van der Waals surface area contributed by atoms with E-state index in [0.29, 0.717) is 37.7 Å². The number of carbonyl (C=O) groups excluding carboxylic acids is 2. The van der Waals surface area contributed by atoms with E-state index in [1.54, 1.807) is 0 Å². The Morgan fingerprint density at radius 1 is 1.03 bits per heavy atom. The normalized spacial score (nSPS) is 15.7. The van der Waals surface area contributed by atoms with Crippen molar-refractivity contribution < 1.29 is 28.5 Å². The quantitative estimate of drug-likeness (QED) is 0.297. The Kier molecular flexibility index (Phi) is 9.92. The number of piperazine rings is 1. The summed E-state index contributed by atoms with van der Waals surface area (Å²) in [6.07, 6.45) is 2.61. The number of unbranched alkanes of at least 4 members (excludes halogenated alkanes) is 1. The molecule has 0 unspecified atom stereocenters. The summed E-state index contributed by atoms with van der Waals surface area (Å²) in [5.74, 6) is 1.93. The van der Waals surface area contributed by atoms with Gasteiger partial charge in [-0.2, -0.15) is 0 Å². The highest BCUT2D eigenvalue weighted by molar-refractivity contribution is 5.95. The molecular formula is C30H41N3O6. The summed E-state index contributed by atoms with van der Waals surface area (Å²) in [6.45, 7) is 12.1. The molecule has 1 saturated heterocycles. The van der Waals surface area contributed by atoms with E-state index in [4.69, 9.17) is 18.9 Å². The molecule has 39 heavy (non-hydrogen) atoms. The van der Waals surface area contributed by atoms with E-state index in [1.165, 1.54) is 0 Å². The zero-order valence-electron chi connectivity index (χ0n) is 23.4. The molecular weight excluding hydrogens is 498 g/mol. The first-order chi connectivity index (χ1) is 18.9. The first-order valence-corrected chi connectivity index (χ1v) is 13.9. The van der Waals surface area contributed by atoms with E-state index >= 15 is 0 Å². The van der Waals surface area contributed by atoms with Crippen LogP contribution in [0.1, 0.15) is 40.0 Å². The molecule has 9 heteroatoms. The van der Waals surface area contributed by atoms with Gasteiger partial charge in [-0.25, -0.2) is 0 Å². The van der Waals surface area contributed by atoms with Crippen molar-refractivity contribution in [3.8, 4) is 17.2 Å². The van der Waals surface area contributed by atoms with Crippen LogP contribution in [0, 0.1) is 5.41 Å². The molecule has 0 bridgehead atoms. The second-order valence-corrected chi connectivity index (χ2v) is 10.5. The molecule has 1 fully saturated rings. The molecule has 0 radical (unpaired) electrons. The summed E-state index contributed by atoms with van der Waals surface area (Å²) in [5.41, 5.74) is 1.19. The topological polar surface area (TPSA) is 89.6 Å². The number of esters is 1. The van der Waals surface area contributed by atoms with E-state index in [-0.39, 0.29) is 18.5 Å². The van der Waals surface area contributed by atoms with Crippen molar-refractivity contribution in [2.45, 2.75) is 40.0 Å². The van der Waals surface area contributed by atoms with Crippen molar-refractivity contribution in [3.63, 3.8) is 0 Å². The standard InChI is InChI=1S/C30H41N3O6/c1-4-36-29(35)30(2,3)13-20-38-27-10-6-5-9-25(27)33-17-15-32(16-18-33)14-7-8-19-37-23-11-12-26-24(21-23)31-28(34)22-39-26/h5-6,9-12,21H,4,7-8,13-20,22H2,1-3H3,(H,31,34). The first-order valence-electron chi connectivity index (χ1n) is 13.9. The number of hydrogen-bond acceptors (Lipinski definition) is 8. The molecule has 0 saturated carbocycles. The molecule has 0 atom stereocenters. The highest BCUT2D eigenvalue weighted by atomic mass is 16.5. The van der Waals surface area contributed by atoms with E-state index in [1.807, 2.05) is 57.2 Å². The van der Waals surface area contributed by atoms with Crippen LogP contribution in [0.3, 0.4) is 0 Å². The van der Waals surface area contributed by atoms with Crippen molar-refractivity contribution in [2.24, 2.45) is 5.41 Å². The van der Waals surface area contributed by atoms with Crippen molar-refractivity contribution in [2.75, 3.05) is 69.4 Å². The molecule has 2 aromatic carbocycles. The van der Waals surface area contributed by atoms with Gasteiger partial charge in [-0.3, -0.25) is 14.5 Å². The second kappa shape index (κ2) is 13.6. The number of fused-ring (bicyclic) bond motifs is 1. The van der Waals surface area contributed by atoms with Gasteiger partial charge in [0.25, 0.3) is 5.91 Å². The Morgan fingerprint density at radius 2 is 1.82 bits per heavy atom. The highest BCUT2D eigenvalue weighted by Crippen LogP contribution is 2.32. The number of carbonyl (C=O) groups is 2. The second-order valence-electron chi connectivity index (χ2n) is 10.5. The lowest BCUT2D eigenvalue weighted by atomic mass is 9.90. The van der Waals surface area contributed by atoms with Gasteiger partial charge in [0.05, 0.1) is 36.6 Å². The predicted molar refractivity (Wildman–Crippen MR) is 151 cm³/mol. The average Bonchev–Trinajstić information content (AvgIpc) is 2.93. The maximum Gasteiger partial charge on any atom is 0.311 e. The molecule has 1 amide bonds. The molecule has 2 heterocycles. The van der Waals surface area contributed by atoms with Crippen LogP contribution in [0.4, 0.5) is 11.4 Å². The number of nitrogens with one attached hydrogen (secondary N) is 1. The molecule has 9 nitrogen and oxygen atoms in total. The number of ether oxygens (including phenoxy) is 4. The Hall–Kier alpha value is -3.46. The number of rotatable bonds is 13. The fraction of sp³-hybridized carbons (Fsp3) is 0.533. The SMILES string of the molecule is CCOC(=O)C(C)(C)CCOc1ccccc1N1CCN(CCCCOc2ccc3c(c2)NC(=O)CO3)CC1. The first kappa shape index (κ1) is 28.5. The monoisotopic (exact) mass is 539 g/mol. The molecule has 0 aliphatic carbocycles. The third-order valence-corrected chi connectivity index (χ3v) is 7.11.